The van der Waals surface area contributed by atoms with Crippen LogP contribution in [0.2, 0.25) is 0 Å². The van der Waals surface area contributed by atoms with E-state index < -0.39 is 5.97 Å². The Labute approximate surface area is 115 Å². The van der Waals surface area contributed by atoms with Gasteiger partial charge >= 0.3 is 5.97 Å². The quantitative estimate of drug-likeness (QED) is 0.793. The molecule has 0 aromatic carbocycles. The zero-order valence-electron chi connectivity index (χ0n) is 12.3. The predicted octanol–water partition coefficient (Wildman–Crippen LogP) is 1.43. The second kappa shape index (κ2) is 7.48. The maximum absolute atomic E-state index is 12.3. The van der Waals surface area contributed by atoms with Gasteiger partial charge in [0.05, 0.1) is 0 Å². The van der Waals surface area contributed by atoms with Gasteiger partial charge in [-0.3, -0.25) is 9.59 Å². The van der Waals surface area contributed by atoms with E-state index in [-0.39, 0.29) is 18.4 Å². The van der Waals surface area contributed by atoms with Crippen LogP contribution in [0.1, 0.15) is 40.0 Å². The monoisotopic (exact) mass is 270 g/mol. The van der Waals surface area contributed by atoms with E-state index >= 15 is 0 Å². The summed E-state index contributed by atoms with van der Waals surface area (Å²) in [5, 5.41) is 8.87. The highest BCUT2D eigenvalue weighted by atomic mass is 16.4. The van der Waals surface area contributed by atoms with Gasteiger partial charge in [-0.25, -0.2) is 0 Å². The maximum Gasteiger partial charge on any atom is 0.323 e. The standard InChI is InChI=1S/C14H26N2O3/c1-4-7-16(10-13(17)18)14(19)12-5-8-15(9-6-12)11(2)3/h11-12H,4-10H2,1-3H3,(H,17,18). The Morgan fingerprint density at radius 2 is 1.89 bits per heavy atom. The molecule has 0 saturated carbocycles. The van der Waals surface area contributed by atoms with Crippen LogP contribution in [0.4, 0.5) is 0 Å². The Morgan fingerprint density at radius 1 is 1.32 bits per heavy atom. The SMILES string of the molecule is CCCN(CC(=O)O)C(=O)C1CCN(C(C)C)CC1. The lowest BCUT2D eigenvalue weighted by molar-refractivity contribution is -0.147. The number of hydrogen-bond donors (Lipinski definition) is 1. The van der Waals surface area contributed by atoms with E-state index in [0.717, 1.165) is 32.4 Å². The van der Waals surface area contributed by atoms with Crippen molar-refractivity contribution in [2.45, 2.75) is 46.1 Å². The third-order valence-electron chi connectivity index (χ3n) is 3.74. The third kappa shape index (κ3) is 4.82. The van der Waals surface area contributed by atoms with Gasteiger partial charge in [-0.2, -0.15) is 0 Å². The largest absolute Gasteiger partial charge is 0.480 e. The summed E-state index contributed by atoms with van der Waals surface area (Å²) in [7, 11) is 0. The highest BCUT2D eigenvalue weighted by Gasteiger charge is 2.29. The van der Waals surface area contributed by atoms with Crippen molar-refractivity contribution in [3.8, 4) is 0 Å². The molecule has 1 aliphatic rings. The first-order chi connectivity index (χ1) is 8.95. The van der Waals surface area contributed by atoms with Gasteiger partial charge in [0.15, 0.2) is 0 Å². The van der Waals surface area contributed by atoms with Gasteiger partial charge < -0.3 is 14.9 Å². The summed E-state index contributed by atoms with van der Waals surface area (Å²) in [6, 6.07) is 0.516. The van der Waals surface area contributed by atoms with Crippen LogP contribution in [0, 0.1) is 5.92 Å². The zero-order chi connectivity index (χ0) is 14.4. The molecule has 0 aliphatic carbocycles. The molecule has 0 spiro atoms. The number of piperidine rings is 1. The van der Waals surface area contributed by atoms with Gasteiger partial charge in [0.2, 0.25) is 5.91 Å². The topological polar surface area (TPSA) is 60.9 Å². The summed E-state index contributed by atoms with van der Waals surface area (Å²) >= 11 is 0. The minimum Gasteiger partial charge on any atom is -0.480 e. The van der Waals surface area contributed by atoms with Crippen molar-refractivity contribution in [1.29, 1.82) is 0 Å². The van der Waals surface area contributed by atoms with Crippen molar-refractivity contribution in [1.82, 2.24) is 9.80 Å². The molecule has 0 aromatic rings. The first kappa shape index (κ1) is 16.0. The van der Waals surface area contributed by atoms with Gasteiger partial charge in [-0.1, -0.05) is 6.92 Å². The summed E-state index contributed by atoms with van der Waals surface area (Å²) in [5.41, 5.74) is 0. The number of aliphatic carboxylic acids is 1. The summed E-state index contributed by atoms with van der Waals surface area (Å²) < 4.78 is 0. The Morgan fingerprint density at radius 3 is 2.32 bits per heavy atom. The smallest absolute Gasteiger partial charge is 0.323 e. The molecule has 5 nitrogen and oxygen atoms in total. The van der Waals surface area contributed by atoms with Gasteiger partial charge in [0.1, 0.15) is 6.54 Å². The minimum atomic E-state index is -0.929. The van der Waals surface area contributed by atoms with Gasteiger partial charge in [-0.05, 0) is 46.2 Å². The lowest BCUT2D eigenvalue weighted by Crippen LogP contribution is -2.46. The molecule has 1 saturated heterocycles. The molecule has 1 heterocycles. The van der Waals surface area contributed by atoms with Crippen LogP contribution in [0.15, 0.2) is 0 Å². The molecule has 0 unspecified atom stereocenters. The molecular weight excluding hydrogens is 244 g/mol. The molecule has 1 rings (SSSR count). The lowest BCUT2D eigenvalue weighted by atomic mass is 9.94. The summed E-state index contributed by atoms with van der Waals surface area (Å²) in [5.74, 6) is -0.907. The number of carbonyl (C=O) groups is 2. The molecule has 1 N–H and O–H groups in total. The van der Waals surface area contributed by atoms with Crippen LogP contribution in [0.25, 0.3) is 0 Å². The fraction of sp³-hybridized carbons (Fsp3) is 0.857. The maximum atomic E-state index is 12.3. The number of likely N-dealkylation sites (tertiary alicyclic amines) is 1. The summed E-state index contributed by atoms with van der Waals surface area (Å²) in [4.78, 5) is 27.0. The first-order valence-corrected chi connectivity index (χ1v) is 7.20. The minimum absolute atomic E-state index is 0.000833. The number of carboxylic acids is 1. The molecule has 1 aliphatic heterocycles. The van der Waals surface area contributed by atoms with Crippen molar-refractivity contribution in [3.05, 3.63) is 0 Å². The van der Waals surface area contributed by atoms with Gasteiger partial charge in [0, 0.05) is 18.5 Å². The molecule has 19 heavy (non-hydrogen) atoms. The number of amides is 1. The average Bonchev–Trinajstić information content (AvgIpc) is 2.37. The fourth-order valence-corrected chi connectivity index (χ4v) is 2.62. The van der Waals surface area contributed by atoms with Crippen molar-refractivity contribution in [2.75, 3.05) is 26.2 Å². The molecule has 110 valence electrons. The second-order valence-electron chi connectivity index (χ2n) is 5.56. The molecule has 0 aromatic heterocycles. The molecular formula is C14H26N2O3. The van der Waals surface area contributed by atoms with E-state index in [2.05, 4.69) is 18.7 Å². The first-order valence-electron chi connectivity index (χ1n) is 7.20. The van der Waals surface area contributed by atoms with Crippen LogP contribution in [-0.2, 0) is 9.59 Å². The number of rotatable bonds is 6. The third-order valence-corrected chi connectivity index (χ3v) is 3.74. The van der Waals surface area contributed by atoms with E-state index in [9.17, 15) is 9.59 Å². The summed E-state index contributed by atoms with van der Waals surface area (Å²) in [6.07, 6.45) is 2.48. The van der Waals surface area contributed by atoms with E-state index in [1.54, 1.807) is 0 Å². The number of nitrogens with zero attached hydrogens (tertiary/aromatic N) is 2. The van der Waals surface area contributed by atoms with E-state index in [4.69, 9.17) is 5.11 Å². The molecule has 0 radical (unpaired) electrons. The lowest BCUT2D eigenvalue weighted by Gasteiger charge is -2.35. The zero-order valence-corrected chi connectivity index (χ0v) is 12.3. The normalized spacial score (nSPS) is 17.7. The molecule has 5 heteroatoms. The van der Waals surface area contributed by atoms with Gasteiger partial charge in [0.25, 0.3) is 0 Å². The second-order valence-corrected chi connectivity index (χ2v) is 5.56. The van der Waals surface area contributed by atoms with Crippen LogP contribution < -0.4 is 0 Å². The Bertz CT molecular complexity index is 310. The van der Waals surface area contributed by atoms with E-state index in [1.165, 1.54) is 4.90 Å². The van der Waals surface area contributed by atoms with Crippen LogP contribution in [-0.4, -0.2) is 59.0 Å². The van der Waals surface area contributed by atoms with Gasteiger partial charge in [-0.15, -0.1) is 0 Å². The van der Waals surface area contributed by atoms with Crippen molar-refractivity contribution in [3.63, 3.8) is 0 Å². The van der Waals surface area contributed by atoms with E-state index in [0.29, 0.717) is 12.6 Å². The highest BCUT2D eigenvalue weighted by molar-refractivity contribution is 5.83. The van der Waals surface area contributed by atoms with Crippen LogP contribution in [0.5, 0.6) is 0 Å². The Kier molecular flexibility index (Phi) is 6.28. The molecule has 0 bridgehead atoms. The predicted molar refractivity (Wildman–Crippen MR) is 73.9 cm³/mol. The number of carbonyl (C=O) groups excluding carboxylic acids is 1. The van der Waals surface area contributed by atoms with Crippen molar-refractivity contribution < 1.29 is 14.7 Å². The van der Waals surface area contributed by atoms with Crippen molar-refractivity contribution in [2.24, 2.45) is 5.92 Å². The molecule has 1 fully saturated rings. The van der Waals surface area contributed by atoms with Crippen LogP contribution >= 0.6 is 0 Å². The molecule has 0 atom stereocenters. The summed E-state index contributed by atoms with van der Waals surface area (Å²) in [6.45, 7) is 8.52. The van der Waals surface area contributed by atoms with Crippen LogP contribution in [0.3, 0.4) is 0 Å². The van der Waals surface area contributed by atoms with Crippen molar-refractivity contribution >= 4 is 11.9 Å². The average molecular weight is 270 g/mol. The number of hydrogen-bond acceptors (Lipinski definition) is 3. The molecule has 1 amide bonds. The fourth-order valence-electron chi connectivity index (χ4n) is 2.62. The Balaban J connectivity index is 2.54. The van der Waals surface area contributed by atoms with E-state index in [1.807, 2.05) is 6.92 Å². The Hall–Kier alpha value is -1.10. The highest BCUT2D eigenvalue weighted by Crippen LogP contribution is 2.21. The number of carboxylic acid groups (broad SMARTS) is 1.